The molecular weight excluding hydrogens is 252 g/mol. The lowest BCUT2D eigenvalue weighted by Crippen LogP contribution is -2.28. The van der Waals surface area contributed by atoms with E-state index in [2.05, 4.69) is 10.6 Å². The average Bonchev–Trinajstić information content (AvgIpc) is 3.26. The van der Waals surface area contributed by atoms with Crippen molar-refractivity contribution in [1.29, 1.82) is 0 Å². The average molecular weight is 274 g/mol. The number of hydrogen-bond acceptors (Lipinski definition) is 3. The Bertz CT molecular complexity index is 477. The second-order valence-electron chi connectivity index (χ2n) is 5.99. The predicted octanol–water partition coefficient (Wildman–Crippen LogP) is 2.75. The summed E-state index contributed by atoms with van der Waals surface area (Å²) in [4.78, 5) is 11.8. The zero-order chi connectivity index (χ0) is 13.9. The first-order valence-corrected chi connectivity index (χ1v) is 7.56. The van der Waals surface area contributed by atoms with Gasteiger partial charge in [0.05, 0.1) is 6.10 Å². The van der Waals surface area contributed by atoms with Crippen LogP contribution in [0.2, 0.25) is 0 Å². The van der Waals surface area contributed by atoms with Gasteiger partial charge in [-0.1, -0.05) is 6.07 Å². The van der Waals surface area contributed by atoms with E-state index in [1.54, 1.807) is 0 Å². The van der Waals surface area contributed by atoms with Crippen LogP contribution in [0.25, 0.3) is 0 Å². The van der Waals surface area contributed by atoms with Crippen LogP contribution in [0.15, 0.2) is 24.3 Å². The quantitative estimate of drug-likeness (QED) is 0.791. The Morgan fingerprint density at radius 1 is 1.05 bits per heavy atom. The molecule has 4 heteroatoms. The van der Waals surface area contributed by atoms with Crippen molar-refractivity contribution in [2.45, 2.75) is 50.7 Å². The molecule has 0 atom stereocenters. The Morgan fingerprint density at radius 3 is 2.45 bits per heavy atom. The molecule has 3 rings (SSSR count). The number of benzene rings is 1. The lowest BCUT2D eigenvalue weighted by Gasteiger charge is -2.27. The SMILES string of the molecule is O=C(Nc1cccc(NC2CCC(O)CC2)c1)C1CC1. The molecule has 108 valence electrons. The number of rotatable bonds is 4. The third-order valence-electron chi connectivity index (χ3n) is 4.15. The normalized spacial score (nSPS) is 26.1. The summed E-state index contributed by atoms with van der Waals surface area (Å²) < 4.78 is 0. The van der Waals surface area contributed by atoms with E-state index < -0.39 is 0 Å². The van der Waals surface area contributed by atoms with Crippen molar-refractivity contribution in [3.63, 3.8) is 0 Å². The Labute approximate surface area is 119 Å². The highest BCUT2D eigenvalue weighted by molar-refractivity contribution is 5.94. The van der Waals surface area contributed by atoms with Gasteiger partial charge in [0.2, 0.25) is 5.91 Å². The molecule has 1 aromatic carbocycles. The number of aliphatic hydroxyl groups is 1. The summed E-state index contributed by atoms with van der Waals surface area (Å²) in [6.07, 6.45) is 5.66. The van der Waals surface area contributed by atoms with Gasteiger partial charge in [-0.05, 0) is 56.7 Å². The Balaban J connectivity index is 1.57. The maximum atomic E-state index is 11.8. The molecule has 0 unspecified atom stereocenters. The van der Waals surface area contributed by atoms with Crippen molar-refractivity contribution in [3.05, 3.63) is 24.3 Å². The van der Waals surface area contributed by atoms with Crippen molar-refractivity contribution in [3.8, 4) is 0 Å². The van der Waals surface area contributed by atoms with Crippen molar-refractivity contribution in [2.75, 3.05) is 10.6 Å². The number of carbonyl (C=O) groups is 1. The van der Waals surface area contributed by atoms with Crippen LogP contribution in [0.5, 0.6) is 0 Å². The summed E-state index contributed by atoms with van der Waals surface area (Å²) in [7, 11) is 0. The fourth-order valence-corrected chi connectivity index (χ4v) is 2.73. The molecule has 0 spiro atoms. The summed E-state index contributed by atoms with van der Waals surface area (Å²) in [5.41, 5.74) is 1.91. The largest absolute Gasteiger partial charge is 0.393 e. The van der Waals surface area contributed by atoms with Crippen molar-refractivity contribution in [2.24, 2.45) is 5.92 Å². The van der Waals surface area contributed by atoms with Crippen LogP contribution in [0.4, 0.5) is 11.4 Å². The Kier molecular flexibility index (Phi) is 3.92. The highest BCUT2D eigenvalue weighted by atomic mass is 16.3. The molecule has 2 aliphatic rings. The maximum absolute atomic E-state index is 11.8. The predicted molar refractivity (Wildman–Crippen MR) is 79.7 cm³/mol. The van der Waals surface area contributed by atoms with Crippen LogP contribution in [-0.2, 0) is 4.79 Å². The lowest BCUT2D eigenvalue weighted by molar-refractivity contribution is -0.117. The second-order valence-corrected chi connectivity index (χ2v) is 5.99. The number of nitrogens with one attached hydrogen (secondary N) is 2. The summed E-state index contributed by atoms with van der Waals surface area (Å²) >= 11 is 0. The number of carbonyl (C=O) groups excluding carboxylic acids is 1. The van der Waals surface area contributed by atoms with Gasteiger partial charge in [-0.3, -0.25) is 4.79 Å². The van der Waals surface area contributed by atoms with Crippen molar-refractivity contribution < 1.29 is 9.90 Å². The van der Waals surface area contributed by atoms with E-state index >= 15 is 0 Å². The molecule has 2 fully saturated rings. The van der Waals surface area contributed by atoms with E-state index in [0.717, 1.165) is 49.9 Å². The summed E-state index contributed by atoms with van der Waals surface area (Å²) in [5.74, 6) is 0.370. The van der Waals surface area contributed by atoms with E-state index in [1.807, 2.05) is 24.3 Å². The van der Waals surface area contributed by atoms with Gasteiger partial charge in [0.1, 0.15) is 0 Å². The van der Waals surface area contributed by atoms with E-state index in [1.165, 1.54) is 0 Å². The number of hydrogen-bond donors (Lipinski definition) is 3. The molecule has 2 saturated carbocycles. The fourth-order valence-electron chi connectivity index (χ4n) is 2.73. The van der Waals surface area contributed by atoms with Gasteiger partial charge in [0, 0.05) is 23.3 Å². The first kappa shape index (κ1) is 13.4. The Hall–Kier alpha value is -1.55. The van der Waals surface area contributed by atoms with Crippen LogP contribution in [-0.4, -0.2) is 23.2 Å². The molecule has 20 heavy (non-hydrogen) atoms. The molecular formula is C16H22N2O2. The van der Waals surface area contributed by atoms with Crippen LogP contribution in [0.3, 0.4) is 0 Å². The molecule has 4 nitrogen and oxygen atoms in total. The van der Waals surface area contributed by atoms with E-state index in [0.29, 0.717) is 6.04 Å². The standard InChI is InChI=1S/C16H22N2O2/c19-15-8-6-12(7-9-15)17-13-2-1-3-14(10-13)18-16(20)11-4-5-11/h1-3,10-12,15,17,19H,4-9H2,(H,18,20). The minimum absolute atomic E-state index is 0.128. The zero-order valence-electron chi connectivity index (χ0n) is 11.6. The first-order valence-electron chi connectivity index (χ1n) is 7.56. The van der Waals surface area contributed by atoms with Gasteiger partial charge in [-0.15, -0.1) is 0 Å². The summed E-state index contributed by atoms with van der Waals surface area (Å²) in [5, 5.41) is 16.0. The topological polar surface area (TPSA) is 61.4 Å². The van der Waals surface area contributed by atoms with Gasteiger partial charge in [-0.2, -0.15) is 0 Å². The second kappa shape index (κ2) is 5.83. The van der Waals surface area contributed by atoms with E-state index in [9.17, 15) is 9.90 Å². The van der Waals surface area contributed by atoms with Gasteiger partial charge < -0.3 is 15.7 Å². The molecule has 1 aromatic rings. The first-order chi connectivity index (χ1) is 9.70. The molecule has 3 N–H and O–H groups in total. The monoisotopic (exact) mass is 274 g/mol. The summed E-state index contributed by atoms with van der Waals surface area (Å²) in [6.45, 7) is 0. The molecule has 0 aromatic heterocycles. The number of amides is 1. The van der Waals surface area contributed by atoms with Crippen LogP contribution in [0.1, 0.15) is 38.5 Å². The molecule has 1 amide bonds. The maximum Gasteiger partial charge on any atom is 0.227 e. The van der Waals surface area contributed by atoms with Crippen molar-refractivity contribution >= 4 is 17.3 Å². The van der Waals surface area contributed by atoms with Gasteiger partial charge >= 0.3 is 0 Å². The minimum atomic E-state index is -0.128. The molecule has 2 aliphatic carbocycles. The van der Waals surface area contributed by atoms with E-state index in [-0.39, 0.29) is 17.9 Å². The van der Waals surface area contributed by atoms with Crippen LogP contribution < -0.4 is 10.6 Å². The minimum Gasteiger partial charge on any atom is -0.393 e. The molecule has 0 saturated heterocycles. The van der Waals surface area contributed by atoms with Crippen LogP contribution >= 0.6 is 0 Å². The van der Waals surface area contributed by atoms with Crippen LogP contribution in [0, 0.1) is 5.92 Å². The Morgan fingerprint density at radius 2 is 1.75 bits per heavy atom. The number of anilines is 2. The molecule has 0 bridgehead atoms. The third-order valence-corrected chi connectivity index (χ3v) is 4.15. The fraction of sp³-hybridized carbons (Fsp3) is 0.562. The highest BCUT2D eigenvalue weighted by Crippen LogP contribution is 2.30. The number of aliphatic hydroxyl groups excluding tert-OH is 1. The van der Waals surface area contributed by atoms with E-state index in [4.69, 9.17) is 0 Å². The molecule has 0 heterocycles. The van der Waals surface area contributed by atoms with Gasteiger partial charge in [0.15, 0.2) is 0 Å². The van der Waals surface area contributed by atoms with Crippen molar-refractivity contribution in [1.82, 2.24) is 0 Å². The lowest BCUT2D eigenvalue weighted by atomic mass is 9.93. The third kappa shape index (κ3) is 3.51. The smallest absolute Gasteiger partial charge is 0.227 e. The summed E-state index contributed by atoms with van der Waals surface area (Å²) in [6, 6.07) is 8.33. The van der Waals surface area contributed by atoms with Gasteiger partial charge in [-0.25, -0.2) is 0 Å². The molecule has 0 radical (unpaired) electrons. The van der Waals surface area contributed by atoms with Gasteiger partial charge in [0.25, 0.3) is 0 Å². The molecule has 0 aliphatic heterocycles. The zero-order valence-corrected chi connectivity index (χ0v) is 11.6. The highest BCUT2D eigenvalue weighted by Gasteiger charge is 2.29.